The molecule has 1 aromatic carbocycles. The van der Waals surface area contributed by atoms with Crippen LogP contribution in [0.2, 0.25) is 0 Å². The number of thiazole rings is 1. The molecule has 5 nitrogen and oxygen atoms in total. The molecular weight excluding hydrogens is 366 g/mol. The minimum absolute atomic E-state index is 0.0266. The molecule has 0 aliphatic carbocycles. The second kappa shape index (κ2) is 7.80. The van der Waals surface area contributed by atoms with Crippen molar-refractivity contribution in [1.82, 2.24) is 4.98 Å². The Morgan fingerprint density at radius 3 is 2.77 bits per heavy atom. The molecule has 26 heavy (non-hydrogen) atoms. The second-order valence-corrected chi connectivity index (χ2v) is 8.00. The summed E-state index contributed by atoms with van der Waals surface area (Å²) in [6.07, 6.45) is 0.892. The maximum absolute atomic E-state index is 12.4. The molecule has 0 fully saturated rings. The monoisotopic (exact) mass is 385 g/mol. The standard InChI is InChI=1S/C19H19N3O2S2/c1-11-5-6-13(12(2)23)10-14(11)21-17(24)8-7-16-18(22-19(20)26-16)15-4-3-9-25-15/h3-6,9-10H,7-8H2,1-2H3,(H2,20,22)(H,21,24). The highest BCUT2D eigenvalue weighted by Gasteiger charge is 2.15. The van der Waals surface area contributed by atoms with Gasteiger partial charge in [-0.25, -0.2) is 4.98 Å². The number of carbonyl (C=O) groups is 2. The van der Waals surface area contributed by atoms with Crippen LogP contribution < -0.4 is 11.1 Å². The van der Waals surface area contributed by atoms with Crippen molar-refractivity contribution in [3.8, 4) is 10.6 Å². The number of nitrogens with two attached hydrogens (primary N) is 1. The SMILES string of the molecule is CC(=O)c1ccc(C)c(NC(=O)CCc2sc(N)nc2-c2cccs2)c1. The number of aromatic nitrogens is 1. The van der Waals surface area contributed by atoms with Crippen LogP contribution in [0.1, 0.15) is 34.1 Å². The highest BCUT2D eigenvalue weighted by atomic mass is 32.1. The van der Waals surface area contributed by atoms with Gasteiger partial charge in [0.1, 0.15) is 0 Å². The minimum atomic E-state index is -0.0992. The Morgan fingerprint density at radius 1 is 1.27 bits per heavy atom. The topological polar surface area (TPSA) is 85.1 Å². The summed E-state index contributed by atoms with van der Waals surface area (Å²) in [7, 11) is 0. The van der Waals surface area contributed by atoms with Crippen LogP contribution in [0.3, 0.4) is 0 Å². The van der Waals surface area contributed by atoms with Gasteiger partial charge < -0.3 is 11.1 Å². The molecule has 0 radical (unpaired) electrons. The van der Waals surface area contributed by atoms with Gasteiger partial charge in [0.15, 0.2) is 10.9 Å². The van der Waals surface area contributed by atoms with Crippen molar-refractivity contribution in [1.29, 1.82) is 0 Å². The number of hydrogen-bond donors (Lipinski definition) is 2. The van der Waals surface area contributed by atoms with E-state index in [0.29, 0.717) is 29.2 Å². The molecule has 134 valence electrons. The molecule has 0 atom stereocenters. The molecule has 0 bridgehead atoms. The van der Waals surface area contributed by atoms with Crippen LogP contribution in [0, 0.1) is 6.92 Å². The van der Waals surface area contributed by atoms with Crippen molar-refractivity contribution < 1.29 is 9.59 Å². The fraction of sp³-hybridized carbons (Fsp3) is 0.211. The first-order chi connectivity index (χ1) is 12.4. The van der Waals surface area contributed by atoms with Gasteiger partial charge in [0.25, 0.3) is 0 Å². The maximum atomic E-state index is 12.4. The van der Waals surface area contributed by atoms with Gasteiger partial charge in [-0.2, -0.15) is 0 Å². The normalized spacial score (nSPS) is 10.7. The number of nitrogens with zero attached hydrogens (tertiary/aromatic N) is 1. The quantitative estimate of drug-likeness (QED) is 0.610. The first kappa shape index (κ1) is 18.3. The number of Topliss-reactive ketones (excluding diaryl/α,β-unsaturated/α-hetero) is 1. The van der Waals surface area contributed by atoms with E-state index in [1.165, 1.54) is 18.3 Å². The molecule has 7 heteroatoms. The van der Waals surface area contributed by atoms with Gasteiger partial charge in [0, 0.05) is 22.5 Å². The lowest BCUT2D eigenvalue weighted by Crippen LogP contribution is -2.13. The number of carbonyl (C=O) groups excluding carboxylic acids is 2. The molecule has 3 rings (SSSR count). The van der Waals surface area contributed by atoms with Crippen molar-refractivity contribution in [2.45, 2.75) is 26.7 Å². The van der Waals surface area contributed by atoms with Gasteiger partial charge in [0.2, 0.25) is 5.91 Å². The molecule has 0 saturated heterocycles. The van der Waals surface area contributed by atoms with E-state index < -0.39 is 0 Å². The van der Waals surface area contributed by atoms with Crippen LogP contribution in [0.4, 0.5) is 10.8 Å². The Morgan fingerprint density at radius 2 is 2.08 bits per heavy atom. The van der Waals surface area contributed by atoms with E-state index >= 15 is 0 Å². The summed E-state index contributed by atoms with van der Waals surface area (Å²) >= 11 is 3.02. The van der Waals surface area contributed by atoms with E-state index in [0.717, 1.165) is 21.0 Å². The molecule has 0 aliphatic rings. The molecule has 3 N–H and O–H groups in total. The lowest BCUT2D eigenvalue weighted by Gasteiger charge is -2.09. The summed E-state index contributed by atoms with van der Waals surface area (Å²) < 4.78 is 0. The van der Waals surface area contributed by atoms with Crippen molar-refractivity contribution >= 4 is 45.2 Å². The van der Waals surface area contributed by atoms with Crippen molar-refractivity contribution in [2.24, 2.45) is 0 Å². The zero-order valence-corrected chi connectivity index (χ0v) is 16.2. The molecule has 0 aliphatic heterocycles. The first-order valence-electron chi connectivity index (χ1n) is 8.14. The largest absolute Gasteiger partial charge is 0.375 e. The van der Waals surface area contributed by atoms with Gasteiger partial charge in [-0.1, -0.05) is 18.2 Å². The van der Waals surface area contributed by atoms with E-state index in [2.05, 4.69) is 10.3 Å². The van der Waals surface area contributed by atoms with Gasteiger partial charge in [0.05, 0.1) is 10.6 Å². The van der Waals surface area contributed by atoms with Gasteiger partial charge in [-0.15, -0.1) is 22.7 Å². The fourth-order valence-corrected chi connectivity index (χ4v) is 4.21. The summed E-state index contributed by atoms with van der Waals surface area (Å²) in [4.78, 5) is 30.4. The number of nitrogens with one attached hydrogen (secondary N) is 1. The van der Waals surface area contributed by atoms with Crippen LogP contribution in [0.25, 0.3) is 10.6 Å². The van der Waals surface area contributed by atoms with E-state index in [1.807, 2.05) is 30.5 Å². The second-order valence-electron chi connectivity index (χ2n) is 5.94. The van der Waals surface area contributed by atoms with E-state index in [9.17, 15) is 9.59 Å². The predicted octanol–water partition coefficient (Wildman–Crippen LogP) is 4.54. The Kier molecular flexibility index (Phi) is 5.49. The van der Waals surface area contributed by atoms with E-state index in [4.69, 9.17) is 5.73 Å². The number of amides is 1. The van der Waals surface area contributed by atoms with Crippen LogP contribution in [-0.4, -0.2) is 16.7 Å². The molecule has 0 spiro atoms. The summed E-state index contributed by atoms with van der Waals surface area (Å²) in [5, 5.41) is 5.40. The van der Waals surface area contributed by atoms with Crippen molar-refractivity contribution in [3.05, 3.63) is 51.7 Å². The van der Waals surface area contributed by atoms with Crippen molar-refractivity contribution in [3.63, 3.8) is 0 Å². The molecule has 2 aromatic heterocycles. The Labute approximate surface area is 159 Å². The zero-order chi connectivity index (χ0) is 18.7. The van der Waals surface area contributed by atoms with Gasteiger partial charge in [-0.3, -0.25) is 9.59 Å². The number of aryl methyl sites for hydroxylation is 2. The number of nitrogen functional groups attached to an aromatic ring is 1. The third-order valence-corrected chi connectivity index (χ3v) is 5.79. The van der Waals surface area contributed by atoms with Crippen LogP contribution >= 0.6 is 22.7 Å². The lowest BCUT2D eigenvalue weighted by atomic mass is 10.1. The van der Waals surface area contributed by atoms with E-state index in [-0.39, 0.29) is 11.7 Å². The number of ketones is 1. The minimum Gasteiger partial charge on any atom is -0.375 e. The van der Waals surface area contributed by atoms with Gasteiger partial charge >= 0.3 is 0 Å². The third-order valence-electron chi connectivity index (χ3n) is 3.97. The molecule has 0 saturated carbocycles. The number of thiophene rings is 1. The maximum Gasteiger partial charge on any atom is 0.224 e. The van der Waals surface area contributed by atoms with Crippen molar-refractivity contribution in [2.75, 3.05) is 11.1 Å². The van der Waals surface area contributed by atoms with Crippen LogP contribution in [0.5, 0.6) is 0 Å². The Balaban J connectivity index is 1.69. The molecule has 2 heterocycles. The predicted molar refractivity (Wildman–Crippen MR) is 108 cm³/mol. The number of anilines is 2. The number of hydrogen-bond acceptors (Lipinski definition) is 6. The third kappa shape index (κ3) is 4.17. The Bertz CT molecular complexity index is 946. The van der Waals surface area contributed by atoms with Crippen LogP contribution in [-0.2, 0) is 11.2 Å². The molecule has 0 unspecified atom stereocenters. The molecular formula is C19H19N3O2S2. The van der Waals surface area contributed by atoms with E-state index in [1.54, 1.807) is 23.5 Å². The average Bonchev–Trinajstić information content (AvgIpc) is 3.24. The first-order valence-corrected chi connectivity index (χ1v) is 9.84. The highest BCUT2D eigenvalue weighted by molar-refractivity contribution is 7.17. The number of rotatable bonds is 6. The zero-order valence-electron chi connectivity index (χ0n) is 14.5. The van der Waals surface area contributed by atoms with Gasteiger partial charge in [-0.05, 0) is 43.3 Å². The highest BCUT2D eigenvalue weighted by Crippen LogP contribution is 2.33. The summed E-state index contributed by atoms with van der Waals surface area (Å²) in [6.45, 7) is 3.41. The summed E-state index contributed by atoms with van der Waals surface area (Å²) in [5.41, 5.74) is 8.90. The molecule has 3 aromatic rings. The molecule has 1 amide bonds. The number of benzene rings is 1. The fourth-order valence-electron chi connectivity index (χ4n) is 2.56. The lowest BCUT2D eigenvalue weighted by molar-refractivity contribution is -0.116. The Hall–Kier alpha value is -2.51. The summed E-state index contributed by atoms with van der Waals surface area (Å²) in [6, 6.07) is 9.29. The smallest absolute Gasteiger partial charge is 0.224 e. The average molecular weight is 386 g/mol. The van der Waals surface area contributed by atoms with Crippen LogP contribution in [0.15, 0.2) is 35.7 Å². The summed E-state index contributed by atoms with van der Waals surface area (Å²) in [5.74, 6) is -0.126.